The van der Waals surface area contributed by atoms with Crippen LogP contribution in [0.1, 0.15) is 5.56 Å². The van der Waals surface area contributed by atoms with E-state index in [1.54, 1.807) is 0 Å². The Morgan fingerprint density at radius 3 is 2.57 bits per heavy atom. The predicted molar refractivity (Wildman–Crippen MR) is 80.5 cm³/mol. The molecule has 0 atom stereocenters. The van der Waals surface area contributed by atoms with Gasteiger partial charge in [0.25, 0.3) is 10.0 Å². The normalized spacial score (nSPS) is 10.9. The van der Waals surface area contributed by atoms with Gasteiger partial charge < -0.3 is 5.73 Å². The van der Waals surface area contributed by atoms with Crippen LogP contribution in [0.4, 0.5) is 15.8 Å². The van der Waals surface area contributed by atoms with E-state index in [2.05, 4.69) is 20.7 Å². The first-order valence-electron chi connectivity index (χ1n) is 5.61. The van der Waals surface area contributed by atoms with E-state index in [0.717, 1.165) is 6.07 Å². The van der Waals surface area contributed by atoms with E-state index < -0.39 is 15.8 Å². The topological polar surface area (TPSA) is 96.0 Å². The van der Waals surface area contributed by atoms with Crippen LogP contribution in [0.5, 0.6) is 0 Å². The largest absolute Gasteiger partial charge is 0.398 e. The van der Waals surface area contributed by atoms with Crippen LogP contribution in [0, 0.1) is 17.1 Å². The molecule has 0 unspecified atom stereocenters. The van der Waals surface area contributed by atoms with Crippen LogP contribution in [0.3, 0.4) is 0 Å². The van der Waals surface area contributed by atoms with Crippen molar-refractivity contribution in [2.45, 2.75) is 4.90 Å². The molecule has 2 rings (SSSR count). The van der Waals surface area contributed by atoms with E-state index in [1.807, 2.05) is 6.07 Å². The minimum Gasteiger partial charge on any atom is -0.398 e. The number of nitrogens with one attached hydrogen (secondary N) is 1. The number of halogens is 2. The molecule has 0 heterocycles. The standard InChI is InChI=1S/C13H9BrFN3O2S/c14-10-3-2-9(15)6-12(10)18-21(19,20)13-4-1-8(7-16)5-11(13)17/h1-6,18H,17H2. The summed E-state index contributed by atoms with van der Waals surface area (Å²) in [7, 11) is -3.99. The maximum atomic E-state index is 13.2. The lowest BCUT2D eigenvalue weighted by atomic mass is 10.2. The zero-order chi connectivity index (χ0) is 15.6. The van der Waals surface area contributed by atoms with Crippen molar-refractivity contribution < 1.29 is 12.8 Å². The predicted octanol–water partition coefficient (Wildman–Crippen LogP) is 2.84. The van der Waals surface area contributed by atoms with Crippen LogP contribution in [-0.4, -0.2) is 8.42 Å². The Kier molecular flexibility index (Phi) is 4.16. The fraction of sp³-hybridized carbons (Fsp3) is 0. The van der Waals surface area contributed by atoms with Crippen molar-refractivity contribution in [3.05, 3.63) is 52.3 Å². The van der Waals surface area contributed by atoms with Gasteiger partial charge in [0.15, 0.2) is 0 Å². The Labute approximate surface area is 129 Å². The molecule has 0 amide bonds. The lowest BCUT2D eigenvalue weighted by molar-refractivity contribution is 0.601. The molecule has 0 aromatic heterocycles. The third-order valence-electron chi connectivity index (χ3n) is 2.60. The second-order valence-corrected chi connectivity index (χ2v) is 6.60. The number of hydrogen-bond acceptors (Lipinski definition) is 4. The molecule has 0 spiro atoms. The van der Waals surface area contributed by atoms with Crippen LogP contribution in [0.25, 0.3) is 0 Å². The molecule has 2 aromatic rings. The maximum absolute atomic E-state index is 13.2. The smallest absolute Gasteiger partial charge is 0.263 e. The van der Waals surface area contributed by atoms with Crippen molar-refractivity contribution >= 4 is 37.3 Å². The number of sulfonamides is 1. The maximum Gasteiger partial charge on any atom is 0.263 e. The van der Waals surface area contributed by atoms with Crippen LogP contribution >= 0.6 is 15.9 Å². The van der Waals surface area contributed by atoms with Gasteiger partial charge >= 0.3 is 0 Å². The molecular weight excluding hydrogens is 361 g/mol. The molecule has 2 aromatic carbocycles. The van der Waals surface area contributed by atoms with Gasteiger partial charge in [0, 0.05) is 4.47 Å². The lowest BCUT2D eigenvalue weighted by Gasteiger charge is -2.11. The van der Waals surface area contributed by atoms with Gasteiger partial charge in [-0.25, -0.2) is 12.8 Å². The van der Waals surface area contributed by atoms with E-state index in [0.29, 0.717) is 4.47 Å². The Bertz CT molecular complexity index is 847. The fourth-order valence-electron chi connectivity index (χ4n) is 1.64. The summed E-state index contributed by atoms with van der Waals surface area (Å²) in [5.41, 5.74) is 5.89. The zero-order valence-electron chi connectivity index (χ0n) is 10.5. The van der Waals surface area contributed by atoms with E-state index in [9.17, 15) is 12.8 Å². The summed E-state index contributed by atoms with van der Waals surface area (Å²) in [6.07, 6.45) is 0. The van der Waals surface area contributed by atoms with Crippen LogP contribution < -0.4 is 10.5 Å². The molecule has 5 nitrogen and oxygen atoms in total. The zero-order valence-corrected chi connectivity index (χ0v) is 12.9. The summed E-state index contributed by atoms with van der Waals surface area (Å²) in [6, 6.07) is 9.30. The van der Waals surface area contributed by atoms with Crippen molar-refractivity contribution in [2.24, 2.45) is 0 Å². The van der Waals surface area contributed by atoms with Crippen molar-refractivity contribution in [3.63, 3.8) is 0 Å². The second kappa shape index (κ2) is 5.71. The van der Waals surface area contributed by atoms with Crippen molar-refractivity contribution in [2.75, 3.05) is 10.5 Å². The molecule has 8 heteroatoms. The highest BCUT2D eigenvalue weighted by Crippen LogP contribution is 2.27. The van der Waals surface area contributed by atoms with Crippen LogP contribution in [0.15, 0.2) is 45.8 Å². The van der Waals surface area contributed by atoms with Crippen LogP contribution in [0.2, 0.25) is 0 Å². The van der Waals surface area contributed by atoms with E-state index in [1.165, 1.54) is 30.3 Å². The highest BCUT2D eigenvalue weighted by atomic mass is 79.9. The highest BCUT2D eigenvalue weighted by molar-refractivity contribution is 9.10. The molecule has 21 heavy (non-hydrogen) atoms. The third kappa shape index (κ3) is 3.32. The number of nitrogens with zero attached hydrogens (tertiary/aromatic N) is 1. The van der Waals surface area contributed by atoms with Crippen LogP contribution in [-0.2, 0) is 10.0 Å². The molecule has 0 bridgehead atoms. The van der Waals surface area contributed by atoms with Crippen molar-refractivity contribution in [3.8, 4) is 6.07 Å². The quantitative estimate of drug-likeness (QED) is 0.812. The third-order valence-corrected chi connectivity index (χ3v) is 4.73. The van der Waals surface area contributed by atoms with Gasteiger partial charge in [0.05, 0.1) is 23.0 Å². The number of nitriles is 1. The average molecular weight is 370 g/mol. The number of nitrogens with two attached hydrogens (primary N) is 1. The first kappa shape index (κ1) is 15.3. The number of hydrogen-bond donors (Lipinski definition) is 2. The number of rotatable bonds is 3. The molecule has 0 aliphatic carbocycles. The van der Waals surface area contributed by atoms with Crippen molar-refractivity contribution in [1.29, 1.82) is 5.26 Å². The average Bonchev–Trinajstić information content (AvgIpc) is 2.42. The first-order valence-corrected chi connectivity index (χ1v) is 7.88. The van der Waals surface area contributed by atoms with Gasteiger partial charge in [-0.3, -0.25) is 4.72 Å². The number of anilines is 2. The Hall–Kier alpha value is -2.11. The molecule has 108 valence electrons. The Balaban J connectivity index is 2.44. The van der Waals surface area contributed by atoms with E-state index >= 15 is 0 Å². The molecule has 0 radical (unpaired) electrons. The summed E-state index contributed by atoms with van der Waals surface area (Å²) in [6.45, 7) is 0. The molecular formula is C13H9BrFN3O2S. The molecule has 0 aliphatic rings. The number of nitrogen functional groups attached to an aromatic ring is 1. The van der Waals surface area contributed by atoms with Gasteiger partial charge in [-0.1, -0.05) is 0 Å². The first-order chi connectivity index (χ1) is 9.83. The summed E-state index contributed by atoms with van der Waals surface area (Å²) in [4.78, 5) is -0.183. The number of benzene rings is 2. The van der Waals surface area contributed by atoms with Gasteiger partial charge in [-0.05, 0) is 52.3 Å². The Morgan fingerprint density at radius 2 is 1.95 bits per heavy atom. The minimum absolute atomic E-state index is 0.0544. The lowest BCUT2D eigenvalue weighted by Crippen LogP contribution is -2.15. The SMILES string of the molecule is N#Cc1ccc(S(=O)(=O)Nc2cc(F)ccc2Br)c(N)c1. The fourth-order valence-corrected chi connectivity index (χ4v) is 3.30. The minimum atomic E-state index is -3.99. The summed E-state index contributed by atoms with van der Waals surface area (Å²) < 4.78 is 40.4. The van der Waals surface area contributed by atoms with Crippen molar-refractivity contribution in [1.82, 2.24) is 0 Å². The monoisotopic (exact) mass is 369 g/mol. The molecule has 0 aliphatic heterocycles. The second-order valence-electron chi connectivity index (χ2n) is 4.09. The Morgan fingerprint density at radius 1 is 1.24 bits per heavy atom. The van der Waals surface area contributed by atoms with Gasteiger partial charge in [0.1, 0.15) is 10.7 Å². The van der Waals surface area contributed by atoms with Gasteiger partial charge in [-0.2, -0.15) is 5.26 Å². The molecule has 0 saturated carbocycles. The summed E-state index contributed by atoms with van der Waals surface area (Å²) >= 11 is 3.13. The summed E-state index contributed by atoms with van der Waals surface area (Å²) in [5.74, 6) is -0.580. The van der Waals surface area contributed by atoms with E-state index in [4.69, 9.17) is 11.0 Å². The highest BCUT2D eigenvalue weighted by Gasteiger charge is 2.19. The molecule has 0 fully saturated rings. The molecule has 3 N–H and O–H groups in total. The van der Waals surface area contributed by atoms with E-state index in [-0.39, 0.29) is 21.8 Å². The summed E-state index contributed by atoms with van der Waals surface area (Å²) in [5, 5.41) is 8.74. The molecule has 0 saturated heterocycles. The van der Waals surface area contributed by atoms with Gasteiger partial charge in [0.2, 0.25) is 0 Å². The van der Waals surface area contributed by atoms with Gasteiger partial charge in [-0.15, -0.1) is 0 Å².